The van der Waals surface area contributed by atoms with Crippen LogP contribution in [-0.2, 0) is 0 Å². The van der Waals surface area contributed by atoms with Gasteiger partial charge in [0.05, 0.1) is 18.3 Å². The number of halogens is 1. The van der Waals surface area contributed by atoms with Crippen LogP contribution in [0.5, 0.6) is 0 Å². The molecule has 2 aromatic heterocycles. The van der Waals surface area contributed by atoms with Crippen LogP contribution in [-0.4, -0.2) is 31.9 Å². The smallest absolute Gasteiger partial charge is 0.243 e. The van der Waals surface area contributed by atoms with E-state index in [-0.39, 0.29) is 18.0 Å². The number of hydrogen-bond acceptors (Lipinski definition) is 4. The molecule has 108 valence electrons. The molecule has 1 fully saturated rings. The monoisotopic (exact) mass is 278 g/mol. The van der Waals surface area contributed by atoms with Gasteiger partial charge in [0.2, 0.25) is 5.95 Å². The summed E-state index contributed by atoms with van der Waals surface area (Å²) in [5.74, 6) is 0.788. The number of fused-ring (bicyclic) bond motifs is 1. The van der Waals surface area contributed by atoms with Gasteiger partial charge in [0.1, 0.15) is 5.82 Å². The summed E-state index contributed by atoms with van der Waals surface area (Å²) >= 11 is 0. The first-order valence-electron chi connectivity index (χ1n) is 7.01. The number of aliphatic hydroxyl groups excluding tert-OH is 1. The fraction of sp³-hybridized carbons (Fsp3) is 0.571. The average molecular weight is 278 g/mol. The molecule has 0 radical (unpaired) electrons. The van der Waals surface area contributed by atoms with Gasteiger partial charge in [0.25, 0.3) is 0 Å². The van der Waals surface area contributed by atoms with Crippen molar-refractivity contribution in [3.63, 3.8) is 0 Å². The van der Waals surface area contributed by atoms with Gasteiger partial charge < -0.3 is 10.4 Å². The van der Waals surface area contributed by atoms with Crippen molar-refractivity contribution in [3.05, 3.63) is 24.1 Å². The Morgan fingerprint density at radius 2 is 2.20 bits per heavy atom. The van der Waals surface area contributed by atoms with Crippen molar-refractivity contribution in [1.29, 1.82) is 0 Å². The van der Waals surface area contributed by atoms with Gasteiger partial charge in [-0.3, -0.25) is 0 Å². The minimum Gasteiger partial charge on any atom is -0.394 e. The minimum absolute atomic E-state index is 0.0592. The number of pyridine rings is 1. The highest BCUT2D eigenvalue weighted by Crippen LogP contribution is 2.33. The van der Waals surface area contributed by atoms with Crippen molar-refractivity contribution in [3.8, 4) is 0 Å². The molecule has 6 heteroatoms. The van der Waals surface area contributed by atoms with E-state index in [4.69, 9.17) is 0 Å². The third kappa shape index (κ3) is 2.47. The molecule has 1 saturated carbocycles. The van der Waals surface area contributed by atoms with E-state index in [9.17, 15) is 9.50 Å². The molecule has 0 bridgehead atoms. The second kappa shape index (κ2) is 5.01. The Morgan fingerprint density at radius 3 is 2.90 bits per heavy atom. The molecular weight excluding hydrogens is 259 g/mol. The highest BCUT2D eigenvalue weighted by molar-refractivity contribution is 5.44. The fourth-order valence-electron chi connectivity index (χ4n) is 2.79. The zero-order valence-corrected chi connectivity index (χ0v) is 11.5. The lowest BCUT2D eigenvalue weighted by molar-refractivity contribution is 0.154. The molecule has 0 saturated heterocycles. The van der Waals surface area contributed by atoms with Gasteiger partial charge in [-0.25, -0.2) is 8.91 Å². The van der Waals surface area contributed by atoms with Crippen molar-refractivity contribution >= 4 is 11.6 Å². The molecule has 1 aliphatic carbocycles. The van der Waals surface area contributed by atoms with E-state index < -0.39 is 0 Å². The van der Waals surface area contributed by atoms with Gasteiger partial charge in [0.15, 0.2) is 5.65 Å². The van der Waals surface area contributed by atoms with E-state index in [0.29, 0.717) is 17.5 Å². The van der Waals surface area contributed by atoms with Crippen LogP contribution in [0.3, 0.4) is 0 Å². The highest BCUT2D eigenvalue weighted by Gasteiger charge is 2.34. The van der Waals surface area contributed by atoms with Gasteiger partial charge in [-0.05, 0) is 43.7 Å². The maximum Gasteiger partial charge on any atom is 0.243 e. The summed E-state index contributed by atoms with van der Waals surface area (Å²) in [4.78, 5) is 4.32. The molecule has 0 aliphatic heterocycles. The maximum absolute atomic E-state index is 13.1. The molecule has 3 rings (SSSR count). The van der Waals surface area contributed by atoms with Gasteiger partial charge >= 0.3 is 0 Å². The van der Waals surface area contributed by atoms with Crippen molar-refractivity contribution in [2.45, 2.75) is 38.1 Å². The Hall–Kier alpha value is -1.69. The van der Waals surface area contributed by atoms with Crippen LogP contribution < -0.4 is 5.32 Å². The second-order valence-electron chi connectivity index (χ2n) is 5.83. The standard InChI is InChI=1S/C14H19FN4O/c1-10-4-6-14(9-20,7-5-10)17-13-16-12-3-2-11(15)8-19(12)18-13/h2-3,8,10,20H,4-7,9H2,1H3,(H,17,18). The fourth-order valence-corrected chi connectivity index (χ4v) is 2.79. The van der Waals surface area contributed by atoms with E-state index in [1.807, 2.05) is 0 Å². The Kier molecular flexibility index (Phi) is 3.33. The summed E-state index contributed by atoms with van der Waals surface area (Å²) in [5.41, 5.74) is 0.238. The molecule has 5 nitrogen and oxygen atoms in total. The van der Waals surface area contributed by atoms with E-state index in [2.05, 4.69) is 22.3 Å². The number of anilines is 1. The van der Waals surface area contributed by atoms with Crippen LogP contribution in [0.2, 0.25) is 0 Å². The number of rotatable bonds is 3. The van der Waals surface area contributed by atoms with E-state index in [0.717, 1.165) is 25.7 Å². The lowest BCUT2D eigenvalue weighted by Gasteiger charge is -2.38. The molecule has 0 unspecified atom stereocenters. The molecule has 0 spiro atoms. The van der Waals surface area contributed by atoms with E-state index in [1.165, 1.54) is 16.8 Å². The first-order valence-corrected chi connectivity index (χ1v) is 7.01. The Bertz CT molecular complexity index is 604. The molecule has 2 N–H and O–H groups in total. The molecule has 0 atom stereocenters. The number of nitrogens with zero attached hydrogens (tertiary/aromatic N) is 3. The number of nitrogens with one attached hydrogen (secondary N) is 1. The summed E-state index contributed by atoms with van der Waals surface area (Å²) in [6, 6.07) is 2.94. The number of aliphatic hydroxyl groups is 1. The van der Waals surface area contributed by atoms with Gasteiger partial charge in [-0.2, -0.15) is 4.98 Å². The molecule has 20 heavy (non-hydrogen) atoms. The molecule has 2 aromatic rings. The lowest BCUT2D eigenvalue weighted by Crippen LogP contribution is -2.45. The van der Waals surface area contributed by atoms with Crippen molar-refractivity contribution in [1.82, 2.24) is 14.6 Å². The largest absolute Gasteiger partial charge is 0.394 e. The second-order valence-corrected chi connectivity index (χ2v) is 5.83. The molecule has 1 aliphatic rings. The van der Waals surface area contributed by atoms with Gasteiger partial charge in [-0.1, -0.05) is 6.92 Å². The summed E-state index contributed by atoms with van der Waals surface area (Å²) in [5, 5.41) is 17.2. The van der Waals surface area contributed by atoms with Crippen LogP contribution in [0.1, 0.15) is 32.6 Å². The normalized spacial score (nSPS) is 26.9. The zero-order chi connectivity index (χ0) is 14.2. The Balaban J connectivity index is 1.84. The third-order valence-electron chi connectivity index (χ3n) is 4.21. The molecule has 0 amide bonds. The van der Waals surface area contributed by atoms with Crippen molar-refractivity contribution < 1.29 is 9.50 Å². The first kappa shape index (κ1) is 13.3. The van der Waals surface area contributed by atoms with Crippen LogP contribution in [0.15, 0.2) is 18.3 Å². The van der Waals surface area contributed by atoms with E-state index >= 15 is 0 Å². The van der Waals surface area contributed by atoms with Crippen molar-refractivity contribution in [2.75, 3.05) is 11.9 Å². The zero-order valence-electron chi connectivity index (χ0n) is 11.5. The Morgan fingerprint density at radius 1 is 1.45 bits per heavy atom. The summed E-state index contributed by atoms with van der Waals surface area (Å²) < 4.78 is 14.6. The Labute approximate surface area is 116 Å². The summed E-state index contributed by atoms with van der Waals surface area (Å²) in [6.07, 6.45) is 5.25. The highest BCUT2D eigenvalue weighted by atomic mass is 19.1. The quantitative estimate of drug-likeness (QED) is 0.903. The molecule has 2 heterocycles. The summed E-state index contributed by atoms with van der Waals surface area (Å²) in [7, 11) is 0. The maximum atomic E-state index is 13.1. The first-order chi connectivity index (χ1) is 9.60. The molecular formula is C14H19FN4O. The molecule has 0 aromatic carbocycles. The number of aromatic nitrogens is 3. The van der Waals surface area contributed by atoms with Crippen LogP contribution in [0.25, 0.3) is 5.65 Å². The summed E-state index contributed by atoms with van der Waals surface area (Å²) in [6.45, 7) is 2.29. The van der Waals surface area contributed by atoms with E-state index in [1.54, 1.807) is 6.07 Å². The van der Waals surface area contributed by atoms with Crippen LogP contribution in [0, 0.1) is 11.7 Å². The van der Waals surface area contributed by atoms with Crippen molar-refractivity contribution in [2.24, 2.45) is 5.92 Å². The number of hydrogen-bond donors (Lipinski definition) is 2. The predicted octanol–water partition coefficient (Wildman–Crippen LogP) is 2.22. The van der Waals surface area contributed by atoms with Gasteiger partial charge in [0, 0.05) is 0 Å². The SMILES string of the molecule is CC1CCC(CO)(Nc2nc3ccc(F)cn3n2)CC1. The topological polar surface area (TPSA) is 62.5 Å². The van der Waals surface area contributed by atoms with Crippen LogP contribution in [0.4, 0.5) is 10.3 Å². The average Bonchev–Trinajstić information content (AvgIpc) is 2.83. The minimum atomic E-state index is -0.351. The lowest BCUT2D eigenvalue weighted by atomic mass is 9.77. The van der Waals surface area contributed by atoms with Gasteiger partial charge in [-0.15, -0.1) is 5.10 Å². The predicted molar refractivity (Wildman–Crippen MR) is 74.0 cm³/mol. The van der Waals surface area contributed by atoms with Crippen LogP contribution >= 0.6 is 0 Å². The third-order valence-corrected chi connectivity index (χ3v) is 4.21.